The van der Waals surface area contributed by atoms with E-state index in [9.17, 15) is 4.79 Å². The van der Waals surface area contributed by atoms with Gasteiger partial charge in [-0.05, 0) is 0 Å². The van der Waals surface area contributed by atoms with E-state index < -0.39 is 11.7 Å². The van der Waals surface area contributed by atoms with Crippen molar-refractivity contribution in [3.63, 3.8) is 0 Å². The van der Waals surface area contributed by atoms with Gasteiger partial charge in [0, 0.05) is 25.1 Å². The SMILES string of the molecule is CN=NC(OC(C)=O)(c1ccccc1)c1ccccc1. The van der Waals surface area contributed by atoms with Gasteiger partial charge in [0.15, 0.2) is 0 Å². The lowest BCUT2D eigenvalue weighted by atomic mass is 9.95. The Bertz CT molecular complexity index is 555. The molecule has 0 aliphatic rings. The molecule has 0 aliphatic carbocycles. The van der Waals surface area contributed by atoms with Gasteiger partial charge in [-0.25, -0.2) is 0 Å². The van der Waals surface area contributed by atoms with E-state index in [1.807, 2.05) is 60.7 Å². The number of carbonyl (C=O) groups is 1. The minimum absolute atomic E-state index is 0.412. The van der Waals surface area contributed by atoms with Crippen LogP contribution in [-0.2, 0) is 15.3 Å². The minimum atomic E-state index is -1.23. The summed E-state index contributed by atoms with van der Waals surface area (Å²) < 4.78 is 5.55. The van der Waals surface area contributed by atoms with Crippen LogP contribution >= 0.6 is 0 Å². The summed E-state index contributed by atoms with van der Waals surface area (Å²) in [6, 6.07) is 18.8. The fraction of sp³-hybridized carbons (Fsp3) is 0.188. The first-order valence-electron chi connectivity index (χ1n) is 6.30. The number of ether oxygens (including phenoxy) is 1. The van der Waals surface area contributed by atoms with E-state index in [2.05, 4.69) is 10.2 Å². The van der Waals surface area contributed by atoms with Crippen LogP contribution in [0.2, 0.25) is 0 Å². The van der Waals surface area contributed by atoms with Gasteiger partial charge in [0.25, 0.3) is 5.72 Å². The molecule has 0 amide bonds. The summed E-state index contributed by atoms with van der Waals surface area (Å²) in [5, 5.41) is 8.08. The summed E-state index contributed by atoms with van der Waals surface area (Å²) in [6.07, 6.45) is 0. The summed E-state index contributed by atoms with van der Waals surface area (Å²) in [5.74, 6) is -0.412. The zero-order chi connectivity index (χ0) is 14.4. The van der Waals surface area contributed by atoms with E-state index in [-0.39, 0.29) is 0 Å². The molecule has 20 heavy (non-hydrogen) atoms. The van der Waals surface area contributed by atoms with Gasteiger partial charge in [-0.2, -0.15) is 5.11 Å². The molecule has 4 heteroatoms. The molecule has 0 heterocycles. The molecular weight excluding hydrogens is 252 g/mol. The van der Waals surface area contributed by atoms with Gasteiger partial charge in [-0.1, -0.05) is 60.7 Å². The second-order valence-electron chi connectivity index (χ2n) is 4.27. The van der Waals surface area contributed by atoms with Crippen molar-refractivity contribution >= 4 is 5.97 Å². The van der Waals surface area contributed by atoms with Crippen molar-refractivity contribution in [2.24, 2.45) is 10.2 Å². The van der Waals surface area contributed by atoms with Crippen LogP contribution in [0.25, 0.3) is 0 Å². The number of carbonyl (C=O) groups excluding carboxylic acids is 1. The average Bonchev–Trinajstić information content (AvgIpc) is 2.48. The first kappa shape index (κ1) is 13.9. The van der Waals surface area contributed by atoms with E-state index in [4.69, 9.17) is 4.74 Å². The molecule has 0 bridgehead atoms. The molecule has 0 saturated carbocycles. The second-order valence-corrected chi connectivity index (χ2v) is 4.27. The van der Waals surface area contributed by atoms with Crippen LogP contribution in [-0.4, -0.2) is 13.0 Å². The lowest BCUT2D eigenvalue weighted by Crippen LogP contribution is -2.30. The van der Waals surface area contributed by atoms with Crippen LogP contribution in [0.15, 0.2) is 70.9 Å². The fourth-order valence-electron chi connectivity index (χ4n) is 2.10. The number of nitrogens with zero attached hydrogens (tertiary/aromatic N) is 2. The highest BCUT2D eigenvalue weighted by Crippen LogP contribution is 2.35. The number of benzene rings is 2. The molecule has 0 aromatic heterocycles. The summed E-state index contributed by atoms with van der Waals surface area (Å²) in [7, 11) is 1.56. The number of azo groups is 1. The zero-order valence-corrected chi connectivity index (χ0v) is 11.5. The lowest BCUT2D eigenvalue weighted by Gasteiger charge is -2.28. The Morgan fingerprint density at radius 2 is 1.40 bits per heavy atom. The summed E-state index contributed by atoms with van der Waals surface area (Å²) in [4.78, 5) is 11.6. The molecule has 0 aliphatic heterocycles. The third-order valence-corrected chi connectivity index (χ3v) is 2.86. The Morgan fingerprint density at radius 1 is 0.950 bits per heavy atom. The Morgan fingerprint density at radius 3 is 1.75 bits per heavy atom. The molecule has 2 rings (SSSR count). The van der Waals surface area contributed by atoms with E-state index in [0.717, 1.165) is 11.1 Å². The summed E-state index contributed by atoms with van der Waals surface area (Å²) in [6.45, 7) is 1.37. The Kier molecular flexibility index (Phi) is 4.25. The van der Waals surface area contributed by atoms with Gasteiger partial charge in [-0.15, -0.1) is 5.11 Å². The molecule has 0 radical (unpaired) electrons. The van der Waals surface area contributed by atoms with Crippen molar-refractivity contribution in [1.29, 1.82) is 0 Å². The zero-order valence-electron chi connectivity index (χ0n) is 11.5. The molecule has 0 unspecified atom stereocenters. The monoisotopic (exact) mass is 268 g/mol. The van der Waals surface area contributed by atoms with Crippen molar-refractivity contribution in [2.75, 3.05) is 7.05 Å². The molecule has 102 valence electrons. The fourth-order valence-corrected chi connectivity index (χ4v) is 2.10. The highest BCUT2D eigenvalue weighted by atomic mass is 16.6. The van der Waals surface area contributed by atoms with E-state index in [0.29, 0.717) is 0 Å². The predicted molar refractivity (Wildman–Crippen MR) is 76.2 cm³/mol. The number of rotatable bonds is 4. The molecule has 2 aromatic rings. The third kappa shape index (κ3) is 2.74. The highest BCUT2D eigenvalue weighted by molar-refractivity contribution is 5.67. The van der Waals surface area contributed by atoms with Crippen molar-refractivity contribution in [3.8, 4) is 0 Å². The first-order valence-corrected chi connectivity index (χ1v) is 6.30. The maximum atomic E-state index is 11.6. The highest BCUT2D eigenvalue weighted by Gasteiger charge is 2.38. The van der Waals surface area contributed by atoms with E-state index in [1.165, 1.54) is 6.92 Å². The number of esters is 1. The van der Waals surface area contributed by atoms with Gasteiger partial charge >= 0.3 is 5.97 Å². The normalized spacial score (nSPS) is 11.5. The van der Waals surface area contributed by atoms with E-state index >= 15 is 0 Å². The van der Waals surface area contributed by atoms with Crippen LogP contribution in [0.1, 0.15) is 18.1 Å². The average molecular weight is 268 g/mol. The second kappa shape index (κ2) is 6.10. The van der Waals surface area contributed by atoms with Crippen LogP contribution in [0.4, 0.5) is 0 Å². The quantitative estimate of drug-likeness (QED) is 0.629. The molecular formula is C16H16N2O2. The Balaban J connectivity index is 2.66. The van der Waals surface area contributed by atoms with E-state index in [1.54, 1.807) is 7.05 Å². The van der Waals surface area contributed by atoms with Crippen molar-refractivity contribution in [2.45, 2.75) is 12.6 Å². The number of hydrogen-bond donors (Lipinski definition) is 0. The molecule has 0 fully saturated rings. The predicted octanol–water partition coefficient (Wildman–Crippen LogP) is 3.53. The van der Waals surface area contributed by atoms with Gasteiger partial charge in [0.05, 0.1) is 0 Å². The smallest absolute Gasteiger partial charge is 0.305 e. The van der Waals surface area contributed by atoms with Crippen molar-refractivity contribution in [3.05, 3.63) is 71.8 Å². The number of hydrogen-bond acceptors (Lipinski definition) is 4. The topological polar surface area (TPSA) is 51.0 Å². The molecule has 0 saturated heterocycles. The van der Waals surface area contributed by atoms with Gasteiger partial charge in [0.2, 0.25) is 0 Å². The lowest BCUT2D eigenvalue weighted by molar-refractivity contribution is -0.153. The largest absolute Gasteiger partial charge is 0.427 e. The third-order valence-electron chi connectivity index (χ3n) is 2.86. The van der Waals surface area contributed by atoms with Crippen molar-refractivity contribution < 1.29 is 9.53 Å². The maximum Gasteiger partial charge on any atom is 0.305 e. The molecule has 0 spiro atoms. The van der Waals surface area contributed by atoms with Gasteiger partial charge in [-0.3, -0.25) is 4.79 Å². The van der Waals surface area contributed by atoms with Gasteiger partial charge in [0.1, 0.15) is 0 Å². The molecule has 4 nitrogen and oxygen atoms in total. The van der Waals surface area contributed by atoms with Crippen LogP contribution in [0.3, 0.4) is 0 Å². The van der Waals surface area contributed by atoms with Crippen LogP contribution < -0.4 is 0 Å². The Hall–Kier alpha value is -2.49. The summed E-state index contributed by atoms with van der Waals surface area (Å²) >= 11 is 0. The maximum absolute atomic E-state index is 11.6. The van der Waals surface area contributed by atoms with Crippen LogP contribution in [0.5, 0.6) is 0 Å². The standard InChI is InChI=1S/C16H16N2O2/c1-13(19)20-16(18-17-2,14-9-5-3-6-10-14)15-11-7-4-8-12-15/h3-12H,1-2H3. The van der Waals surface area contributed by atoms with Crippen LogP contribution in [0, 0.1) is 0 Å². The molecule has 2 aromatic carbocycles. The molecule has 0 N–H and O–H groups in total. The first-order chi connectivity index (χ1) is 9.69. The summed E-state index contributed by atoms with van der Waals surface area (Å²) in [5.41, 5.74) is 0.280. The Labute approximate surface area is 118 Å². The molecule has 0 atom stereocenters. The van der Waals surface area contributed by atoms with Gasteiger partial charge < -0.3 is 4.74 Å². The van der Waals surface area contributed by atoms with Crippen molar-refractivity contribution in [1.82, 2.24) is 0 Å². The minimum Gasteiger partial charge on any atom is -0.427 e.